The van der Waals surface area contributed by atoms with Crippen LogP contribution in [-0.2, 0) is 15.6 Å². The van der Waals surface area contributed by atoms with Gasteiger partial charge in [-0.3, -0.25) is 4.68 Å². The first-order valence-electron chi connectivity index (χ1n) is 7.81. The van der Waals surface area contributed by atoms with E-state index in [1.807, 2.05) is 10.9 Å². The van der Waals surface area contributed by atoms with E-state index in [9.17, 15) is 13.2 Å². The molecule has 0 spiro atoms. The minimum Gasteiger partial charge on any atom is -0.336 e. The fraction of sp³-hybridized carbons (Fsp3) is 0.714. The van der Waals surface area contributed by atoms with Gasteiger partial charge in [0.2, 0.25) is 0 Å². The molecule has 0 unspecified atom stereocenters. The van der Waals surface area contributed by atoms with Crippen LogP contribution >= 0.6 is 0 Å². The summed E-state index contributed by atoms with van der Waals surface area (Å²) in [6.45, 7) is 1.41. The molecule has 7 nitrogen and oxygen atoms in total. The fourth-order valence-electron chi connectivity index (χ4n) is 3.10. The molecule has 1 aromatic heterocycles. The summed E-state index contributed by atoms with van der Waals surface area (Å²) in [7, 11) is -3.25. The van der Waals surface area contributed by atoms with E-state index >= 15 is 0 Å². The molecule has 1 saturated carbocycles. The summed E-state index contributed by atoms with van der Waals surface area (Å²) in [5.41, 5.74) is 0.595. The second-order valence-electron chi connectivity index (χ2n) is 6.04. The first kappa shape index (κ1) is 15.3. The highest BCUT2D eigenvalue weighted by atomic mass is 32.2. The van der Waals surface area contributed by atoms with Crippen LogP contribution in [0.5, 0.6) is 0 Å². The van der Waals surface area contributed by atoms with Crippen molar-refractivity contribution < 1.29 is 13.2 Å². The molecular formula is C14H22N4O3S. The Kier molecular flexibility index (Phi) is 4.37. The Balaban J connectivity index is 1.55. The standard InChI is InChI=1S/C14H22N4O3S/c19-14-15-6-8-17(14)9-10-22(20,21)11-12-5-7-18(16-12)13-3-1-2-4-13/h5,7,13H,1-4,6,8-11H2,(H,15,19). The summed E-state index contributed by atoms with van der Waals surface area (Å²) in [6.07, 6.45) is 6.57. The monoisotopic (exact) mass is 326 g/mol. The Hall–Kier alpha value is -1.57. The van der Waals surface area contributed by atoms with Crippen molar-refractivity contribution in [2.75, 3.05) is 25.4 Å². The van der Waals surface area contributed by atoms with E-state index in [1.165, 1.54) is 17.7 Å². The van der Waals surface area contributed by atoms with E-state index in [-0.39, 0.29) is 24.1 Å². The smallest absolute Gasteiger partial charge is 0.317 e. The van der Waals surface area contributed by atoms with E-state index in [1.54, 1.807) is 6.07 Å². The Labute approximate surface area is 130 Å². The lowest BCUT2D eigenvalue weighted by atomic mass is 10.3. The van der Waals surface area contributed by atoms with Gasteiger partial charge in [0.1, 0.15) is 0 Å². The number of aromatic nitrogens is 2. The molecule has 122 valence electrons. The molecule has 2 aliphatic rings. The number of nitrogens with zero attached hydrogens (tertiary/aromatic N) is 3. The average Bonchev–Trinajstić information content (AvgIpc) is 3.16. The van der Waals surface area contributed by atoms with Crippen LogP contribution in [-0.4, -0.2) is 54.5 Å². The molecule has 0 atom stereocenters. The second-order valence-corrected chi connectivity index (χ2v) is 8.22. The third-order valence-corrected chi connectivity index (χ3v) is 5.89. The molecule has 1 aliphatic carbocycles. The molecule has 1 saturated heterocycles. The van der Waals surface area contributed by atoms with Crippen LogP contribution in [0.2, 0.25) is 0 Å². The van der Waals surface area contributed by atoms with Crippen LogP contribution in [0.15, 0.2) is 12.3 Å². The van der Waals surface area contributed by atoms with Crippen molar-refractivity contribution in [3.63, 3.8) is 0 Å². The first-order valence-corrected chi connectivity index (χ1v) is 9.63. The zero-order chi connectivity index (χ0) is 15.6. The number of sulfone groups is 1. The second kappa shape index (κ2) is 6.28. The normalized spacial score (nSPS) is 19.8. The van der Waals surface area contributed by atoms with E-state index in [0.717, 1.165) is 12.8 Å². The van der Waals surface area contributed by atoms with Crippen LogP contribution in [0.3, 0.4) is 0 Å². The molecule has 1 aliphatic heterocycles. The van der Waals surface area contributed by atoms with Crippen LogP contribution in [0.4, 0.5) is 4.79 Å². The van der Waals surface area contributed by atoms with Gasteiger partial charge < -0.3 is 10.2 Å². The predicted molar refractivity (Wildman–Crippen MR) is 82.2 cm³/mol. The molecule has 2 fully saturated rings. The Morgan fingerprint density at radius 2 is 2.09 bits per heavy atom. The summed E-state index contributed by atoms with van der Waals surface area (Å²) >= 11 is 0. The third-order valence-electron chi connectivity index (χ3n) is 4.35. The molecule has 0 bridgehead atoms. The van der Waals surface area contributed by atoms with Crippen molar-refractivity contribution in [1.82, 2.24) is 20.0 Å². The number of hydrogen-bond acceptors (Lipinski definition) is 4. The maximum absolute atomic E-state index is 12.2. The van der Waals surface area contributed by atoms with E-state index in [2.05, 4.69) is 10.4 Å². The van der Waals surface area contributed by atoms with Crippen molar-refractivity contribution in [1.29, 1.82) is 0 Å². The SMILES string of the molecule is O=C1NCCN1CCS(=O)(=O)Cc1ccn(C2CCCC2)n1. The summed E-state index contributed by atoms with van der Waals surface area (Å²) < 4.78 is 26.3. The maximum atomic E-state index is 12.2. The van der Waals surface area contributed by atoms with Crippen molar-refractivity contribution in [2.45, 2.75) is 37.5 Å². The highest BCUT2D eigenvalue weighted by Gasteiger charge is 2.23. The molecule has 3 rings (SSSR count). The van der Waals surface area contributed by atoms with Gasteiger partial charge in [0.25, 0.3) is 0 Å². The molecule has 2 heterocycles. The quantitative estimate of drug-likeness (QED) is 0.843. The van der Waals surface area contributed by atoms with E-state index in [0.29, 0.717) is 24.8 Å². The van der Waals surface area contributed by atoms with Gasteiger partial charge in [0.15, 0.2) is 9.84 Å². The lowest BCUT2D eigenvalue weighted by molar-refractivity contribution is 0.220. The van der Waals surface area contributed by atoms with E-state index < -0.39 is 9.84 Å². The Bertz CT molecular complexity index is 634. The highest BCUT2D eigenvalue weighted by Crippen LogP contribution is 2.28. The average molecular weight is 326 g/mol. The molecule has 0 radical (unpaired) electrons. The van der Waals surface area contributed by atoms with Crippen LogP contribution < -0.4 is 5.32 Å². The van der Waals surface area contributed by atoms with Gasteiger partial charge in [-0.15, -0.1) is 0 Å². The summed E-state index contributed by atoms with van der Waals surface area (Å²) in [5, 5.41) is 7.08. The Morgan fingerprint density at radius 1 is 1.32 bits per heavy atom. The predicted octanol–water partition coefficient (Wildman–Crippen LogP) is 0.938. The number of hydrogen-bond donors (Lipinski definition) is 1. The summed E-state index contributed by atoms with van der Waals surface area (Å²) in [4.78, 5) is 12.9. The molecule has 1 N–H and O–H groups in total. The van der Waals surface area contributed by atoms with Gasteiger partial charge in [0.05, 0.1) is 23.2 Å². The topological polar surface area (TPSA) is 84.3 Å². The number of rotatable bonds is 6. The van der Waals surface area contributed by atoms with Crippen LogP contribution in [0, 0.1) is 0 Å². The van der Waals surface area contributed by atoms with Gasteiger partial charge in [0, 0.05) is 25.8 Å². The van der Waals surface area contributed by atoms with Gasteiger partial charge in [-0.25, -0.2) is 13.2 Å². The molecule has 8 heteroatoms. The zero-order valence-electron chi connectivity index (χ0n) is 12.6. The number of carbonyl (C=O) groups is 1. The number of carbonyl (C=O) groups excluding carboxylic acids is 1. The largest absolute Gasteiger partial charge is 0.336 e. The van der Waals surface area contributed by atoms with Crippen molar-refractivity contribution in [3.05, 3.63) is 18.0 Å². The van der Waals surface area contributed by atoms with Gasteiger partial charge in [-0.1, -0.05) is 12.8 Å². The molecule has 1 aromatic rings. The summed E-state index contributed by atoms with van der Waals surface area (Å²) in [6, 6.07) is 2.03. The minimum absolute atomic E-state index is 0.0172. The molecule has 0 aromatic carbocycles. The van der Waals surface area contributed by atoms with Crippen LogP contribution in [0.1, 0.15) is 37.4 Å². The van der Waals surface area contributed by atoms with Crippen molar-refractivity contribution in [3.8, 4) is 0 Å². The number of nitrogens with one attached hydrogen (secondary N) is 1. The zero-order valence-corrected chi connectivity index (χ0v) is 13.4. The first-order chi connectivity index (χ1) is 10.5. The van der Waals surface area contributed by atoms with Crippen molar-refractivity contribution in [2.24, 2.45) is 0 Å². The molecular weight excluding hydrogens is 304 g/mol. The van der Waals surface area contributed by atoms with Crippen LogP contribution in [0.25, 0.3) is 0 Å². The lowest BCUT2D eigenvalue weighted by Crippen LogP contribution is -2.32. The number of urea groups is 1. The number of amides is 2. The molecule has 2 amide bonds. The maximum Gasteiger partial charge on any atom is 0.317 e. The Morgan fingerprint density at radius 3 is 2.77 bits per heavy atom. The van der Waals surface area contributed by atoms with Gasteiger partial charge in [-0.05, 0) is 18.9 Å². The van der Waals surface area contributed by atoms with E-state index in [4.69, 9.17) is 0 Å². The summed E-state index contributed by atoms with van der Waals surface area (Å²) in [5.74, 6) is -0.0705. The third kappa shape index (κ3) is 3.60. The molecule has 22 heavy (non-hydrogen) atoms. The lowest BCUT2D eigenvalue weighted by Gasteiger charge is -2.13. The van der Waals surface area contributed by atoms with Crippen molar-refractivity contribution >= 4 is 15.9 Å². The van der Waals surface area contributed by atoms with Gasteiger partial charge >= 0.3 is 6.03 Å². The highest BCUT2D eigenvalue weighted by molar-refractivity contribution is 7.90. The fourth-order valence-corrected chi connectivity index (χ4v) is 4.35. The minimum atomic E-state index is -3.25. The van der Waals surface area contributed by atoms with Gasteiger partial charge in [-0.2, -0.15) is 5.10 Å².